The van der Waals surface area contributed by atoms with Crippen LogP contribution in [-0.2, 0) is 22.6 Å². The van der Waals surface area contributed by atoms with Gasteiger partial charge in [-0.3, -0.25) is 14.9 Å². The largest absolute Gasteiger partial charge is 0.487 e. The summed E-state index contributed by atoms with van der Waals surface area (Å²) in [5, 5.41) is 2.27. The van der Waals surface area contributed by atoms with Gasteiger partial charge in [0, 0.05) is 4.47 Å². The number of hydrogen-bond acceptors (Lipinski definition) is 4. The number of benzene rings is 3. The Kier molecular flexibility index (Phi) is 8.27. The zero-order valence-electron chi connectivity index (χ0n) is 18.5. The van der Waals surface area contributed by atoms with Crippen molar-refractivity contribution in [2.45, 2.75) is 20.0 Å². The van der Waals surface area contributed by atoms with Crippen LogP contribution < -0.4 is 15.0 Å². The number of nitrogens with zero attached hydrogens (tertiary/aromatic N) is 1. The molecule has 1 aliphatic heterocycles. The number of ether oxygens (including phenoxy) is 1. The molecule has 4 rings (SSSR count). The monoisotopic (exact) mass is 756 g/mol. The average Bonchev–Trinajstić information content (AvgIpc) is 2.82. The fourth-order valence-corrected chi connectivity index (χ4v) is 5.87. The highest BCUT2D eigenvalue weighted by Crippen LogP contribution is 2.31. The molecule has 35 heavy (non-hydrogen) atoms. The molecule has 1 N–H and O–H groups in total. The van der Waals surface area contributed by atoms with E-state index >= 15 is 0 Å². The lowest BCUT2D eigenvalue weighted by molar-refractivity contribution is -0.122. The van der Waals surface area contributed by atoms with E-state index in [0.29, 0.717) is 17.9 Å². The van der Waals surface area contributed by atoms with Crippen molar-refractivity contribution in [3.05, 3.63) is 94.5 Å². The molecule has 1 fully saturated rings. The molecule has 0 unspecified atom stereocenters. The van der Waals surface area contributed by atoms with Crippen molar-refractivity contribution in [3.63, 3.8) is 0 Å². The van der Waals surface area contributed by atoms with Gasteiger partial charge in [0.15, 0.2) is 0 Å². The lowest BCUT2D eigenvalue weighted by Gasteiger charge is -2.26. The molecule has 6 nitrogen and oxygen atoms in total. The van der Waals surface area contributed by atoms with Crippen LogP contribution in [0.15, 0.2) is 70.7 Å². The van der Waals surface area contributed by atoms with Crippen LogP contribution in [0.5, 0.6) is 5.75 Å². The smallest absolute Gasteiger partial charge is 0.335 e. The van der Waals surface area contributed by atoms with Gasteiger partial charge in [-0.2, -0.15) is 0 Å². The molecule has 1 heterocycles. The van der Waals surface area contributed by atoms with Gasteiger partial charge in [-0.05, 0) is 111 Å². The highest BCUT2D eigenvalue weighted by molar-refractivity contribution is 14.1. The maximum absolute atomic E-state index is 13.2. The Morgan fingerprint density at radius 1 is 0.943 bits per heavy atom. The van der Waals surface area contributed by atoms with Gasteiger partial charge in [-0.25, -0.2) is 9.69 Å². The van der Waals surface area contributed by atoms with Crippen molar-refractivity contribution in [1.82, 2.24) is 5.32 Å². The molecule has 0 bridgehead atoms. The van der Waals surface area contributed by atoms with Crippen LogP contribution in [-0.4, -0.2) is 17.8 Å². The summed E-state index contributed by atoms with van der Waals surface area (Å²) in [6, 6.07) is 17.9. The summed E-state index contributed by atoms with van der Waals surface area (Å²) >= 11 is 7.77. The molecule has 0 saturated carbocycles. The summed E-state index contributed by atoms with van der Waals surface area (Å²) in [7, 11) is 0. The predicted octanol–water partition coefficient (Wildman–Crippen LogP) is 6.47. The molecular formula is C26H19BrI2N2O4. The first-order valence-electron chi connectivity index (χ1n) is 10.6. The fraction of sp³-hybridized carbons (Fsp3) is 0.115. The Morgan fingerprint density at radius 2 is 1.54 bits per heavy atom. The fourth-order valence-electron chi connectivity index (χ4n) is 3.48. The number of carbonyl (C=O) groups is 3. The molecule has 0 spiro atoms. The van der Waals surface area contributed by atoms with E-state index in [2.05, 4.69) is 66.4 Å². The molecule has 178 valence electrons. The normalized spacial score (nSPS) is 14.9. The topological polar surface area (TPSA) is 75.7 Å². The van der Waals surface area contributed by atoms with Crippen LogP contribution in [0.1, 0.15) is 23.6 Å². The number of amides is 4. The molecule has 3 aromatic rings. The maximum atomic E-state index is 13.2. The van der Waals surface area contributed by atoms with Crippen molar-refractivity contribution < 1.29 is 19.1 Å². The minimum Gasteiger partial charge on any atom is -0.487 e. The van der Waals surface area contributed by atoms with Gasteiger partial charge in [-0.1, -0.05) is 47.1 Å². The van der Waals surface area contributed by atoms with E-state index in [9.17, 15) is 14.4 Å². The number of barbiturate groups is 1. The SMILES string of the molecule is CCc1ccc(N2C(=O)NC(=O)/C(=C/c3cc(I)c(OCc4ccc(Br)cc4)c(I)c3)C2=O)cc1. The van der Waals surface area contributed by atoms with Gasteiger partial charge in [-0.15, -0.1) is 0 Å². The van der Waals surface area contributed by atoms with Crippen molar-refractivity contribution in [2.75, 3.05) is 4.90 Å². The molecule has 0 atom stereocenters. The van der Waals surface area contributed by atoms with Crippen molar-refractivity contribution in [2.24, 2.45) is 0 Å². The minimum absolute atomic E-state index is 0.112. The molecule has 4 amide bonds. The summed E-state index contributed by atoms with van der Waals surface area (Å²) in [6.45, 7) is 2.43. The van der Waals surface area contributed by atoms with Gasteiger partial charge >= 0.3 is 6.03 Å². The second kappa shape index (κ2) is 11.2. The van der Waals surface area contributed by atoms with Gasteiger partial charge in [0.1, 0.15) is 17.9 Å². The zero-order chi connectivity index (χ0) is 25.1. The van der Waals surface area contributed by atoms with Crippen molar-refractivity contribution in [3.8, 4) is 5.75 Å². The van der Waals surface area contributed by atoms with Gasteiger partial charge in [0.25, 0.3) is 11.8 Å². The van der Waals surface area contributed by atoms with Crippen LogP contribution in [0, 0.1) is 7.14 Å². The van der Waals surface area contributed by atoms with Crippen molar-refractivity contribution in [1.29, 1.82) is 0 Å². The van der Waals surface area contributed by atoms with E-state index in [1.54, 1.807) is 12.1 Å². The van der Waals surface area contributed by atoms with Crippen molar-refractivity contribution >= 4 is 90.7 Å². The Balaban J connectivity index is 1.59. The van der Waals surface area contributed by atoms with E-state index in [1.807, 2.05) is 55.5 Å². The number of urea groups is 1. The van der Waals surface area contributed by atoms with E-state index in [-0.39, 0.29) is 5.57 Å². The molecule has 9 heteroatoms. The van der Waals surface area contributed by atoms with E-state index in [4.69, 9.17) is 4.74 Å². The average molecular weight is 757 g/mol. The van der Waals surface area contributed by atoms with E-state index < -0.39 is 17.8 Å². The standard InChI is InChI=1S/C26H19BrI2N2O4/c1-2-15-5-9-19(10-6-15)31-25(33)20(24(32)30-26(31)34)11-17-12-21(28)23(22(29)13-17)35-14-16-3-7-18(27)8-4-16/h3-13H,2,14H2,1H3,(H,30,32,34)/b20-11-. The number of imide groups is 2. The molecule has 0 aliphatic carbocycles. The Morgan fingerprint density at radius 3 is 2.14 bits per heavy atom. The van der Waals surface area contributed by atoms with Crippen LogP contribution in [0.2, 0.25) is 0 Å². The molecule has 1 saturated heterocycles. The summed E-state index contributed by atoms with van der Waals surface area (Å²) in [4.78, 5) is 39.1. The van der Waals surface area contributed by atoms with Crippen LogP contribution >= 0.6 is 61.1 Å². The van der Waals surface area contributed by atoms with Gasteiger partial charge < -0.3 is 4.74 Å². The third-order valence-corrected chi connectivity index (χ3v) is 7.46. The molecular weight excluding hydrogens is 738 g/mol. The van der Waals surface area contributed by atoms with Crippen LogP contribution in [0.3, 0.4) is 0 Å². The van der Waals surface area contributed by atoms with E-state index in [0.717, 1.165) is 39.8 Å². The highest BCUT2D eigenvalue weighted by Gasteiger charge is 2.36. The second-order valence-electron chi connectivity index (χ2n) is 7.71. The summed E-state index contributed by atoms with van der Waals surface area (Å²) in [5.41, 5.74) is 3.07. The molecule has 0 radical (unpaired) electrons. The number of rotatable bonds is 6. The first-order chi connectivity index (χ1) is 16.8. The second-order valence-corrected chi connectivity index (χ2v) is 10.9. The molecule has 0 aromatic heterocycles. The lowest BCUT2D eigenvalue weighted by atomic mass is 10.1. The first kappa shape index (κ1) is 25.8. The maximum Gasteiger partial charge on any atom is 0.335 e. The minimum atomic E-state index is -0.762. The van der Waals surface area contributed by atoms with Gasteiger partial charge in [0.2, 0.25) is 0 Å². The summed E-state index contributed by atoms with van der Waals surface area (Å²) < 4.78 is 8.72. The molecule has 3 aromatic carbocycles. The number of halogens is 3. The first-order valence-corrected chi connectivity index (χ1v) is 13.6. The number of hydrogen-bond donors (Lipinski definition) is 1. The summed E-state index contributed by atoms with van der Waals surface area (Å²) in [6.07, 6.45) is 2.34. The Hall–Kier alpha value is -2.25. The number of anilines is 1. The molecule has 1 aliphatic rings. The van der Waals surface area contributed by atoms with E-state index in [1.165, 1.54) is 6.08 Å². The highest BCUT2D eigenvalue weighted by atomic mass is 127. The lowest BCUT2D eigenvalue weighted by Crippen LogP contribution is -2.54. The number of aryl methyl sites for hydroxylation is 1. The number of carbonyl (C=O) groups excluding carboxylic acids is 3. The quantitative estimate of drug-likeness (QED) is 0.178. The predicted molar refractivity (Wildman–Crippen MR) is 155 cm³/mol. The zero-order valence-corrected chi connectivity index (χ0v) is 24.4. The third-order valence-electron chi connectivity index (χ3n) is 5.33. The van der Waals surface area contributed by atoms with Crippen LogP contribution in [0.4, 0.5) is 10.5 Å². The summed E-state index contributed by atoms with van der Waals surface area (Å²) in [5.74, 6) is -0.658. The van der Waals surface area contributed by atoms with Crippen LogP contribution in [0.25, 0.3) is 6.08 Å². The third kappa shape index (κ3) is 5.95. The Labute approximate surface area is 238 Å². The Bertz CT molecular complexity index is 1320. The van der Waals surface area contributed by atoms with Gasteiger partial charge in [0.05, 0.1) is 12.8 Å². The number of nitrogens with one attached hydrogen (secondary N) is 1.